The molecular weight excluding hydrogens is 272 g/mol. The van der Waals surface area contributed by atoms with Crippen LogP contribution in [0.2, 0.25) is 0 Å². The van der Waals surface area contributed by atoms with Crippen LogP contribution in [0.4, 0.5) is 4.79 Å². The Morgan fingerprint density at radius 2 is 1.76 bits per heavy atom. The maximum Gasteiger partial charge on any atom is 0.407 e. The summed E-state index contributed by atoms with van der Waals surface area (Å²) in [5.41, 5.74) is -0.360. The summed E-state index contributed by atoms with van der Waals surface area (Å²) in [6, 6.07) is -0.515. The highest BCUT2D eigenvalue weighted by Crippen LogP contribution is 2.31. The molecule has 2 rings (SSSR count). The molecule has 1 amide bonds. The molecule has 2 unspecified atom stereocenters. The van der Waals surface area contributed by atoms with Crippen molar-refractivity contribution in [3.8, 4) is 0 Å². The number of ether oxygens (including phenoxy) is 1. The Bertz CT molecular complexity index is 437. The molecule has 118 valence electrons. The highest BCUT2D eigenvalue weighted by molar-refractivity contribution is 6.40. The number of rotatable bonds is 4. The zero-order chi connectivity index (χ0) is 15.6. The van der Waals surface area contributed by atoms with Crippen molar-refractivity contribution in [3.05, 3.63) is 0 Å². The molecule has 6 heteroatoms. The summed E-state index contributed by atoms with van der Waals surface area (Å²) in [6.45, 7) is 6.19. The van der Waals surface area contributed by atoms with Gasteiger partial charge >= 0.3 is 6.09 Å². The maximum atomic E-state index is 12.1. The second-order valence-electron chi connectivity index (χ2n) is 6.94. The van der Waals surface area contributed by atoms with Crippen LogP contribution in [0, 0.1) is 5.92 Å². The molecule has 1 aliphatic heterocycles. The van der Waals surface area contributed by atoms with Gasteiger partial charge in [-0.2, -0.15) is 0 Å². The molecule has 1 saturated heterocycles. The van der Waals surface area contributed by atoms with Gasteiger partial charge in [0.2, 0.25) is 11.6 Å². The number of nitrogens with one attached hydrogen (secondary N) is 2. The molecule has 2 atom stereocenters. The van der Waals surface area contributed by atoms with Crippen LogP contribution < -0.4 is 10.6 Å². The SMILES string of the molecule is CC(C)(C)NC(=O)OC1CCNC(C(=O)C(=O)C2CC2)C1. The first kappa shape index (κ1) is 15.9. The zero-order valence-corrected chi connectivity index (χ0v) is 12.9. The smallest absolute Gasteiger partial charge is 0.407 e. The summed E-state index contributed by atoms with van der Waals surface area (Å²) in [4.78, 5) is 35.6. The third kappa shape index (κ3) is 4.81. The first-order valence-corrected chi connectivity index (χ1v) is 7.56. The third-order valence-electron chi connectivity index (χ3n) is 3.61. The number of hydrogen-bond donors (Lipinski definition) is 2. The molecule has 2 N–H and O–H groups in total. The number of ketones is 2. The monoisotopic (exact) mass is 296 g/mol. The standard InChI is InChI=1S/C15H24N2O4/c1-15(2,3)17-14(20)21-10-6-7-16-11(8-10)13(19)12(18)9-4-5-9/h9-11,16H,4-8H2,1-3H3,(H,17,20). The predicted molar refractivity (Wildman–Crippen MR) is 76.9 cm³/mol. The van der Waals surface area contributed by atoms with Crippen molar-refractivity contribution in [2.45, 2.75) is 64.1 Å². The van der Waals surface area contributed by atoms with E-state index in [1.165, 1.54) is 0 Å². The second-order valence-corrected chi connectivity index (χ2v) is 6.94. The molecule has 0 spiro atoms. The topological polar surface area (TPSA) is 84.5 Å². The molecule has 2 aliphatic rings. The number of Topliss-reactive ketones (excluding diaryl/α,β-unsaturated/α-hetero) is 2. The zero-order valence-electron chi connectivity index (χ0n) is 12.9. The normalized spacial score (nSPS) is 26.0. The van der Waals surface area contributed by atoms with E-state index in [1.807, 2.05) is 20.8 Å². The van der Waals surface area contributed by atoms with Crippen LogP contribution in [-0.2, 0) is 14.3 Å². The van der Waals surface area contributed by atoms with E-state index in [0.29, 0.717) is 19.4 Å². The van der Waals surface area contributed by atoms with Crippen molar-refractivity contribution < 1.29 is 19.1 Å². The highest BCUT2D eigenvalue weighted by atomic mass is 16.6. The van der Waals surface area contributed by atoms with Crippen LogP contribution in [0.15, 0.2) is 0 Å². The Balaban J connectivity index is 1.84. The summed E-state index contributed by atoms with van der Waals surface area (Å²) < 4.78 is 5.35. The molecule has 1 heterocycles. The fourth-order valence-corrected chi connectivity index (χ4v) is 2.39. The molecule has 0 aromatic rings. The van der Waals surface area contributed by atoms with Crippen molar-refractivity contribution in [1.29, 1.82) is 0 Å². The summed E-state index contributed by atoms with van der Waals surface area (Å²) in [5.74, 6) is -0.695. The first-order valence-electron chi connectivity index (χ1n) is 7.56. The molecule has 6 nitrogen and oxygen atoms in total. The molecule has 0 radical (unpaired) electrons. The summed E-state index contributed by atoms with van der Waals surface area (Å²) in [6.07, 6.45) is 1.87. The molecule has 1 saturated carbocycles. The first-order chi connectivity index (χ1) is 9.76. The minimum absolute atomic E-state index is 0.0650. The van der Waals surface area contributed by atoms with Crippen LogP contribution >= 0.6 is 0 Å². The van der Waals surface area contributed by atoms with Crippen LogP contribution in [0.1, 0.15) is 46.5 Å². The number of carbonyl (C=O) groups excluding carboxylic acids is 3. The van der Waals surface area contributed by atoms with E-state index >= 15 is 0 Å². The summed E-state index contributed by atoms with van der Waals surface area (Å²) in [7, 11) is 0. The van der Waals surface area contributed by atoms with Gasteiger partial charge in [0.15, 0.2) is 0 Å². The van der Waals surface area contributed by atoms with Crippen molar-refractivity contribution in [3.63, 3.8) is 0 Å². The molecule has 0 aromatic carbocycles. The van der Waals surface area contributed by atoms with Crippen molar-refractivity contribution in [2.24, 2.45) is 5.92 Å². The van der Waals surface area contributed by atoms with E-state index in [4.69, 9.17) is 4.74 Å². The van der Waals surface area contributed by atoms with Gasteiger partial charge in [0.25, 0.3) is 0 Å². The van der Waals surface area contributed by atoms with E-state index in [2.05, 4.69) is 10.6 Å². The second kappa shape index (κ2) is 6.13. The lowest BCUT2D eigenvalue weighted by Gasteiger charge is -2.30. The van der Waals surface area contributed by atoms with Gasteiger partial charge < -0.3 is 15.4 Å². The fourth-order valence-electron chi connectivity index (χ4n) is 2.39. The van der Waals surface area contributed by atoms with E-state index < -0.39 is 12.1 Å². The molecule has 0 aromatic heterocycles. The van der Waals surface area contributed by atoms with Crippen LogP contribution in [0.3, 0.4) is 0 Å². The molecule has 2 fully saturated rings. The van der Waals surface area contributed by atoms with Crippen molar-refractivity contribution in [2.75, 3.05) is 6.54 Å². The lowest BCUT2D eigenvalue weighted by molar-refractivity contribution is -0.139. The van der Waals surface area contributed by atoms with E-state index in [-0.39, 0.29) is 29.1 Å². The third-order valence-corrected chi connectivity index (χ3v) is 3.61. The predicted octanol–water partition coefficient (Wildman–Crippen LogP) is 1.18. The average Bonchev–Trinajstić information content (AvgIpc) is 3.19. The molecule has 21 heavy (non-hydrogen) atoms. The quantitative estimate of drug-likeness (QED) is 0.761. The van der Waals surface area contributed by atoms with Crippen LogP contribution in [0.25, 0.3) is 0 Å². The van der Waals surface area contributed by atoms with Gasteiger partial charge in [0.1, 0.15) is 6.10 Å². The number of hydrogen-bond acceptors (Lipinski definition) is 5. The van der Waals surface area contributed by atoms with E-state index in [9.17, 15) is 14.4 Å². The Kier molecular flexibility index (Phi) is 4.66. The maximum absolute atomic E-state index is 12.1. The minimum Gasteiger partial charge on any atom is -0.446 e. The van der Waals surface area contributed by atoms with E-state index in [1.54, 1.807) is 0 Å². The van der Waals surface area contributed by atoms with E-state index in [0.717, 1.165) is 12.8 Å². The van der Waals surface area contributed by atoms with Gasteiger partial charge in [-0.3, -0.25) is 9.59 Å². The highest BCUT2D eigenvalue weighted by Gasteiger charge is 2.39. The van der Waals surface area contributed by atoms with Crippen molar-refractivity contribution in [1.82, 2.24) is 10.6 Å². The Hall–Kier alpha value is -1.43. The number of carbonyl (C=O) groups is 3. The Morgan fingerprint density at radius 1 is 1.10 bits per heavy atom. The number of alkyl carbamates (subject to hydrolysis) is 1. The lowest BCUT2D eigenvalue weighted by atomic mass is 9.95. The Labute approximate surface area is 125 Å². The molecule has 1 aliphatic carbocycles. The minimum atomic E-state index is -0.515. The molecular formula is C15H24N2O4. The average molecular weight is 296 g/mol. The summed E-state index contributed by atoms with van der Waals surface area (Å²) in [5, 5.41) is 5.78. The number of piperidine rings is 1. The fraction of sp³-hybridized carbons (Fsp3) is 0.800. The molecule has 0 bridgehead atoms. The van der Waals surface area contributed by atoms with Crippen LogP contribution in [-0.4, -0.2) is 41.9 Å². The van der Waals surface area contributed by atoms with Gasteiger partial charge in [0, 0.05) is 17.9 Å². The lowest BCUT2D eigenvalue weighted by Crippen LogP contribution is -2.50. The Morgan fingerprint density at radius 3 is 2.33 bits per heavy atom. The van der Waals surface area contributed by atoms with Gasteiger partial charge in [-0.1, -0.05) is 0 Å². The van der Waals surface area contributed by atoms with Crippen LogP contribution in [0.5, 0.6) is 0 Å². The van der Waals surface area contributed by atoms with Gasteiger partial charge in [0.05, 0.1) is 6.04 Å². The largest absolute Gasteiger partial charge is 0.446 e. The van der Waals surface area contributed by atoms with Gasteiger partial charge in [-0.15, -0.1) is 0 Å². The number of amides is 1. The van der Waals surface area contributed by atoms with Gasteiger partial charge in [-0.25, -0.2) is 4.79 Å². The van der Waals surface area contributed by atoms with Gasteiger partial charge in [-0.05, 0) is 46.6 Å². The summed E-state index contributed by atoms with van der Waals surface area (Å²) >= 11 is 0. The van der Waals surface area contributed by atoms with Crippen molar-refractivity contribution >= 4 is 17.7 Å².